The largest absolute Gasteiger partial charge is 0.295 e. The first kappa shape index (κ1) is 16.5. The average molecular weight is 312 g/mol. The summed E-state index contributed by atoms with van der Waals surface area (Å²) in [6.45, 7) is 2.70. The van der Waals surface area contributed by atoms with Crippen LogP contribution in [0.3, 0.4) is 0 Å². The number of benzene rings is 2. The molecular formula is C20H22ClN. The Kier molecular flexibility index (Phi) is 7.51. The van der Waals surface area contributed by atoms with E-state index in [2.05, 4.69) is 77.7 Å². The van der Waals surface area contributed by atoms with Gasteiger partial charge < -0.3 is 0 Å². The van der Waals surface area contributed by atoms with E-state index in [1.54, 1.807) is 0 Å². The van der Waals surface area contributed by atoms with Crippen molar-refractivity contribution in [3.63, 3.8) is 0 Å². The number of nitrogens with zero attached hydrogens (tertiary/aromatic N) is 1. The average Bonchev–Trinajstić information content (AvgIpc) is 2.57. The standard InChI is InChI=1S/C20H22ClN/c21-15-18-22(16-7-13-19-9-3-1-4-10-19)17-8-14-20-11-5-2-6-12-20/h1-14H,15-18H2/b13-7+,14-8+. The van der Waals surface area contributed by atoms with Gasteiger partial charge in [-0.1, -0.05) is 85.0 Å². The lowest BCUT2D eigenvalue weighted by atomic mass is 10.2. The molecule has 0 saturated heterocycles. The lowest BCUT2D eigenvalue weighted by Crippen LogP contribution is -2.26. The molecule has 0 aliphatic heterocycles. The van der Waals surface area contributed by atoms with Crippen molar-refractivity contribution in [3.8, 4) is 0 Å². The Balaban J connectivity index is 1.84. The monoisotopic (exact) mass is 311 g/mol. The summed E-state index contributed by atoms with van der Waals surface area (Å²) in [6, 6.07) is 20.7. The maximum Gasteiger partial charge on any atom is 0.0351 e. The quantitative estimate of drug-likeness (QED) is 0.623. The first-order valence-electron chi connectivity index (χ1n) is 7.60. The smallest absolute Gasteiger partial charge is 0.0351 e. The summed E-state index contributed by atoms with van der Waals surface area (Å²) < 4.78 is 0. The minimum Gasteiger partial charge on any atom is -0.295 e. The van der Waals surface area contributed by atoms with Crippen LogP contribution in [-0.2, 0) is 0 Å². The zero-order valence-electron chi connectivity index (χ0n) is 12.7. The van der Waals surface area contributed by atoms with Gasteiger partial charge >= 0.3 is 0 Å². The Morgan fingerprint density at radius 2 is 1.18 bits per heavy atom. The zero-order chi connectivity index (χ0) is 15.5. The minimum atomic E-state index is 0.651. The molecule has 0 radical (unpaired) electrons. The summed E-state index contributed by atoms with van der Waals surface area (Å²) in [4.78, 5) is 2.33. The summed E-state index contributed by atoms with van der Waals surface area (Å²) in [6.07, 6.45) is 8.70. The molecule has 0 bridgehead atoms. The lowest BCUT2D eigenvalue weighted by Gasteiger charge is -2.17. The van der Waals surface area contributed by atoms with Crippen LogP contribution >= 0.6 is 11.6 Å². The van der Waals surface area contributed by atoms with Gasteiger partial charge in [0.1, 0.15) is 0 Å². The molecule has 2 aromatic rings. The molecule has 0 aliphatic rings. The molecule has 0 N–H and O–H groups in total. The molecule has 2 aromatic carbocycles. The van der Waals surface area contributed by atoms with Crippen molar-refractivity contribution >= 4 is 23.8 Å². The molecule has 0 spiro atoms. The normalized spacial score (nSPS) is 11.7. The number of halogens is 1. The van der Waals surface area contributed by atoms with E-state index in [-0.39, 0.29) is 0 Å². The van der Waals surface area contributed by atoms with Crippen LogP contribution in [0, 0.1) is 0 Å². The third-order valence-corrected chi connectivity index (χ3v) is 3.52. The topological polar surface area (TPSA) is 3.24 Å². The number of alkyl halides is 1. The molecule has 0 saturated carbocycles. The predicted octanol–water partition coefficient (Wildman–Crippen LogP) is 4.95. The molecule has 0 aliphatic carbocycles. The molecule has 0 heterocycles. The third-order valence-electron chi connectivity index (χ3n) is 3.35. The summed E-state index contributed by atoms with van der Waals surface area (Å²) in [5, 5.41) is 0. The highest BCUT2D eigenvalue weighted by Gasteiger charge is 1.99. The van der Waals surface area contributed by atoms with E-state index in [0.29, 0.717) is 5.88 Å². The van der Waals surface area contributed by atoms with Crippen LogP contribution < -0.4 is 0 Å². The first-order chi connectivity index (χ1) is 10.9. The van der Waals surface area contributed by atoms with Crippen LogP contribution in [0.25, 0.3) is 12.2 Å². The third kappa shape index (κ3) is 6.30. The van der Waals surface area contributed by atoms with Gasteiger partial charge in [0.2, 0.25) is 0 Å². The van der Waals surface area contributed by atoms with Crippen LogP contribution in [0.1, 0.15) is 11.1 Å². The van der Waals surface area contributed by atoms with Gasteiger partial charge in [-0.2, -0.15) is 0 Å². The van der Waals surface area contributed by atoms with Gasteiger partial charge in [-0.05, 0) is 11.1 Å². The van der Waals surface area contributed by atoms with Gasteiger partial charge in [0.05, 0.1) is 0 Å². The number of rotatable bonds is 8. The van der Waals surface area contributed by atoms with Crippen LogP contribution in [0.15, 0.2) is 72.8 Å². The highest BCUT2D eigenvalue weighted by Crippen LogP contribution is 2.03. The lowest BCUT2D eigenvalue weighted by molar-refractivity contribution is 0.357. The SMILES string of the molecule is ClCCN(C/C=C/c1ccccc1)C/C=C/c1ccccc1. The van der Waals surface area contributed by atoms with Crippen molar-refractivity contribution in [1.29, 1.82) is 0 Å². The Hall–Kier alpha value is -1.83. The molecule has 0 aromatic heterocycles. The molecular weight excluding hydrogens is 290 g/mol. The van der Waals surface area contributed by atoms with E-state index in [0.717, 1.165) is 19.6 Å². The molecule has 0 amide bonds. The molecule has 2 rings (SSSR count). The Bertz CT molecular complexity index is 524. The maximum atomic E-state index is 5.90. The fraction of sp³-hybridized carbons (Fsp3) is 0.200. The maximum absolute atomic E-state index is 5.90. The van der Waals surface area contributed by atoms with Crippen LogP contribution in [-0.4, -0.2) is 30.4 Å². The van der Waals surface area contributed by atoms with Crippen molar-refractivity contribution in [3.05, 3.63) is 83.9 Å². The fourth-order valence-electron chi connectivity index (χ4n) is 2.18. The molecule has 2 heteroatoms. The van der Waals surface area contributed by atoms with Crippen LogP contribution in [0.5, 0.6) is 0 Å². The van der Waals surface area contributed by atoms with Crippen LogP contribution in [0.4, 0.5) is 0 Å². The molecule has 22 heavy (non-hydrogen) atoms. The second-order valence-electron chi connectivity index (χ2n) is 5.07. The predicted molar refractivity (Wildman–Crippen MR) is 98.1 cm³/mol. The minimum absolute atomic E-state index is 0.651. The molecule has 114 valence electrons. The van der Waals surface area contributed by atoms with E-state index in [1.165, 1.54) is 11.1 Å². The summed E-state index contributed by atoms with van der Waals surface area (Å²) in [7, 11) is 0. The van der Waals surface area contributed by atoms with Crippen LogP contribution in [0.2, 0.25) is 0 Å². The second-order valence-corrected chi connectivity index (χ2v) is 5.45. The summed E-state index contributed by atoms with van der Waals surface area (Å²) >= 11 is 5.90. The van der Waals surface area contributed by atoms with Gasteiger partial charge in [-0.25, -0.2) is 0 Å². The van der Waals surface area contributed by atoms with Crippen molar-refractivity contribution in [1.82, 2.24) is 4.90 Å². The number of hydrogen-bond acceptors (Lipinski definition) is 1. The van der Waals surface area contributed by atoms with Gasteiger partial charge in [0, 0.05) is 25.5 Å². The number of hydrogen-bond donors (Lipinski definition) is 0. The molecule has 0 fully saturated rings. The van der Waals surface area contributed by atoms with E-state index in [4.69, 9.17) is 11.6 Å². The van der Waals surface area contributed by atoms with Crippen molar-refractivity contribution in [2.24, 2.45) is 0 Å². The van der Waals surface area contributed by atoms with Gasteiger partial charge in [0.15, 0.2) is 0 Å². The molecule has 0 atom stereocenters. The van der Waals surface area contributed by atoms with E-state index >= 15 is 0 Å². The van der Waals surface area contributed by atoms with Crippen molar-refractivity contribution in [2.75, 3.05) is 25.5 Å². The summed E-state index contributed by atoms with van der Waals surface area (Å²) in [5.41, 5.74) is 2.46. The van der Waals surface area contributed by atoms with Crippen molar-refractivity contribution < 1.29 is 0 Å². The van der Waals surface area contributed by atoms with E-state index in [9.17, 15) is 0 Å². The fourth-order valence-corrected chi connectivity index (χ4v) is 2.42. The Labute approximate surface area is 138 Å². The van der Waals surface area contributed by atoms with E-state index < -0.39 is 0 Å². The van der Waals surface area contributed by atoms with E-state index in [1.807, 2.05) is 12.1 Å². The highest BCUT2D eigenvalue weighted by molar-refractivity contribution is 6.18. The van der Waals surface area contributed by atoms with Crippen molar-refractivity contribution in [2.45, 2.75) is 0 Å². The zero-order valence-corrected chi connectivity index (χ0v) is 13.5. The Morgan fingerprint density at radius 1 is 0.727 bits per heavy atom. The summed E-state index contributed by atoms with van der Waals surface area (Å²) in [5.74, 6) is 0.651. The first-order valence-corrected chi connectivity index (χ1v) is 8.13. The van der Waals surface area contributed by atoms with Gasteiger partial charge in [0.25, 0.3) is 0 Å². The second kappa shape index (κ2) is 9.99. The van der Waals surface area contributed by atoms with Gasteiger partial charge in [-0.15, -0.1) is 11.6 Å². The molecule has 0 unspecified atom stereocenters. The highest BCUT2D eigenvalue weighted by atomic mass is 35.5. The molecule has 1 nitrogen and oxygen atoms in total. The van der Waals surface area contributed by atoms with Gasteiger partial charge in [-0.3, -0.25) is 4.90 Å². The Morgan fingerprint density at radius 3 is 1.59 bits per heavy atom.